The number of nitrogens with one attached hydrogen (secondary N) is 1. The van der Waals surface area contributed by atoms with E-state index < -0.39 is 17.4 Å². The maximum absolute atomic E-state index is 13.4. The van der Waals surface area contributed by atoms with Crippen LogP contribution in [0.2, 0.25) is 0 Å². The van der Waals surface area contributed by atoms with Gasteiger partial charge in [0.25, 0.3) is 11.5 Å². The molecule has 0 unspecified atom stereocenters. The molecule has 0 fully saturated rings. The molecule has 7 nitrogen and oxygen atoms in total. The van der Waals surface area contributed by atoms with Gasteiger partial charge in [-0.15, -0.1) is 0 Å². The number of rotatable bonds is 5. The zero-order valence-corrected chi connectivity index (χ0v) is 17.3. The zero-order valence-electron chi connectivity index (χ0n) is 17.3. The van der Waals surface area contributed by atoms with E-state index in [9.17, 15) is 14.4 Å². The van der Waals surface area contributed by atoms with Crippen LogP contribution in [0.3, 0.4) is 0 Å². The molecule has 0 spiro atoms. The van der Waals surface area contributed by atoms with Crippen molar-refractivity contribution in [1.29, 1.82) is 0 Å². The summed E-state index contributed by atoms with van der Waals surface area (Å²) in [6, 6.07) is 15.5. The van der Waals surface area contributed by atoms with Gasteiger partial charge in [0.05, 0.1) is 25.0 Å². The van der Waals surface area contributed by atoms with Crippen LogP contribution >= 0.6 is 0 Å². The number of hydrogen-bond donors (Lipinski definition) is 1. The first-order valence-electron chi connectivity index (χ1n) is 10.0. The molecule has 0 atom stereocenters. The molecule has 1 amide bonds. The fourth-order valence-electron chi connectivity index (χ4n) is 3.76. The standard InChI is InChI=1S/C24H22N2O5/c1-3-31-24(29)18-14-19(25-22(27)16-7-5-4-6-8-16)23(28)26-20(18)12-10-15-9-11-17(30-2)13-21(15)26/h4-9,11,13-14H,3,10,12H2,1-2H3,(H,25,27). The third kappa shape index (κ3) is 3.82. The van der Waals surface area contributed by atoms with Crippen LogP contribution in [-0.4, -0.2) is 30.2 Å². The number of carbonyl (C=O) groups excluding carboxylic acids is 2. The predicted octanol–water partition coefficient (Wildman–Crippen LogP) is 3.37. The molecule has 0 radical (unpaired) electrons. The van der Waals surface area contributed by atoms with E-state index in [1.807, 2.05) is 12.1 Å². The van der Waals surface area contributed by atoms with Gasteiger partial charge in [-0.05, 0) is 49.6 Å². The molecular formula is C24H22N2O5. The molecule has 1 aromatic heterocycles. The fourth-order valence-corrected chi connectivity index (χ4v) is 3.76. The average Bonchev–Trinajstić information content (AvgIpc) is 2.80. The summed E-state index contributed by atoms with van der Waals surface area (Å²) in [5.41, 5.74) is 2.41. The van der Waals surface area contributed by atoms with Crippen LogP contribution in [0.4, 0.5) is 5.69 Å². The molecule has 4 rings (SSSR count). The summed E-state index contributed by atoms with van der Waals surface area (Å²) in [5, 5.41) is 2.66. The Morgan fingerprint density at radius 1 is 1.06 bits per heavy atom. The van der Waals surface area contributed by atoms with Crippen molar-refractivity contribution in [2.45, 2.75) is 19.8 Å². The average molecular weight is 418 g/mol. The monoisotopic (exact) mass is 418 g/mol. The van der Waals surface area contributed by atoms with Crippen molar-refractivity contribution < 1.29 is 19.1 Å². The van der Waals surface area contributed by atoms with Crippen molar-refractivity contribution in [2.24, 2.45) is 0 Å². The SMILES string of the molecule is CCOC(=O)c1cc(NC(=O)c2ccccc2)c(=O)n2c1CCc1ccc(OC)cc1-2. The molecule has 0 saturated heterocycles. The minimum Gasteiger partial charge on any atom is -0.497 e. The van der Waals surface area contributed by atoms with Gasteiger partial charge in [0, 0.05) is 17.3 Å². The van der Waals surface area contributed by atoms with Crippen LogP contribution in [0.25, 0.3) is 5.69 Å². The molecule has 1 N–H and O–H groups in total. The highest BCUT2D eigenvalue weighted by Gasteiger charge is 2.27. The molecule has 2 aromatic carbocycles. The van der Waals surface area contributed by atoms with E-state index in [0.29, 0.717) is 35.5 Å². The first kappa shape index (κ1) is 20.4. The van der Waals surface area contributed by atoms with Crippen molar-refractivity contribution in [1.82, 2.24) is 4.57 Å². The highest BCUT2D eigenvalue weighted by atomic mass is 16.5. The van der Waals surface area contributed by atoms with Crippen LogP contribution in [0.5, 0.6) is 5.75 Å². The van der Waals surface area contributed by atoms with Crippen molar-refractivity contribution in [3.63, 3.8) is 0 Å². The smallest absolute Gasteiger partial charge is 0.339 e. The van der Waals surface area contributed by atoms with E-state index in [1.54, 1.807) is 50.4 Å². The van der Waals surface area contributed by atoms with Gasteiger partial charge in [0.1, 0.15) is 11.4 Å². The van der Waals surface area contributed by atoms with Crippen molar-refractivity contribution in [3.05, 3.63) is 87.3 Å². The molecule has 31 heavy (non-hydrogen) atoms. The third-order valence-corrected chi connectivity index (χ3v) is 5.25. The number of aromatic nitrogens is 1. The maximum atomic E-state index is 13.4. The number of ether oxygens (including phenoxy) is 2. The Morgan fingerprint density at radius 3 is 2.55 bits per heavy atom. The van der Waals surface area contributed by atoms with Gasteiger partial charge in [-0.25, -0.2) is 4.79 Å². The quantitative estimate of drug-likeness (QED) is 0.642. The zero-order chi connectivity index (χ0) is 22.0. The Bertz CT molecular complexity index is 1210. The lowest BCUT2D eigenvalue weighted by Gasteiger charge is -2.25. The van der Waals surface area contributed by atoms with Crippen LogP contribution in [0.15, 0.2) is 59.4 Å². The summed E-state index contributed by atoms with van der Waals surface area (Å²) < 4.78 is 12.0. The molecule has 7 heteroatoms. The lowest BCUT2D eigenvalue weighted by molar-refractivity contribution is 0.0523. The number of benzene rings is 2. The van der Waals surface area contributed by atoms with E-state index in [0.717, 1.165) is 5.56 Å². The lowest BCUT2D eigenvalue weighted by atomic mass is 9.97. The molecule has 158 valence electrons. The normalized spacial score (nSPS) is 11.8. The Balaban J connectivity index is 1.89. The number of methoxy groups -OCH3 is 1. The van der Waals surface area contributed by atoms with E-state index >= 15 is 0 Å². The minimum atomic E-state index is -0.534. The number of fused-ring (bicyclic) bond motifs is 3. The highest BCUT2D eigenvalue weighted by Crippen LogP contribution is 2.30. The molecule has 2 heterocycles. The Kier molecular flexibility index (Phi) is 5.58. The number of esters is 1. The number of hydrogen-bond acceptors (Lipinski definition) is 5. The first-order chi connectivity index (χ1) is 15.0. The number of aryl methyl sites for hydroxylation is 1. The van der Waals surface area contributed by atoms with Gasteiger partial charge in [0.15, 0.2) is 0 Å². The first-order valence-corrected chi connectivity index (χ1v) is 10.0. The molecule has 0 aliphatic carbocycles. The molecular weight excluding hydrogens is 396 g/mol. The van der Waals surface area contributed by atoms with Gasteiger partial charge in [-0.3, -0.25) is 14.2 Å². The number of anilines is 1. The van der Waals surface area contributed by atoms with Crippen molar-refractivity contribution >= 4 is 17.6 Å². The van der Waals surface area contributed by atoms with Crippen molar-refractivity contribution in [3.8, 4) is 11.4 Å². The van der Waals surface area contributed by atoms with Crippen LogP contribution < -0.4 is 15.6 Å². The summed E-state index contributed by atoms with van der Waals surface area (Å²) in [5.74, 6) is -0.377. The Morgan fingerprint density at radius 2 is 1.84 bits per heavy atom. The molecule has 1 aliphatic rings. The fraction of sp³-hybridized carbons (Fsp3) is 0.208. The van der Waals surface area contributed by atoms with Gasteiger partial charge < -0.3 is 14.8 Å². The minimum absolute atomic E-state index is 0.0105. The van der Waals surface area contributed by atoms with E-state index in [1.165, 1.54) is 10.6 Å². The molecule has 0 bridgehead atoms. The van der Waals surface area contributed by atoms with Crippen LogP contribution in [-0.2, 0) is 17.6 Å². The van der Waals surface area contributed by atoms with Crippen molar-refractivity contribution in [2.75, 3.05) is 19.0 Å². The predicted molar refractivity (Wildman–Crippen MR) is 116 cm³/mol. The third-order valence-electron chi connectivity index (χ3n) is 5.25. The highest BCUT2D eigenvalue weighted by molar-refractivity contribution is 6.04. The van der Waals surface area contributed by atoms with E-state index in [-0.39, 0.29) is 17.9 Å². The summed E-state index contributed by atoms with van der Waals surface area (Å²) in [7, 11) is 1.55. The topological polar surface area (TPSA) is 86.6 Å². The maximum Gasteiger partial charge on any atom is 0.339 e. The largest absolute Gasteiger partial charge is 0.497 e. The second kappa shape index (κ2) is 8.47. The molecule has 1 aliphatic heterocycles. The van der Waals surface area contributed by atoms with Gasteiger partial charge >= 0.3 is 5.97 Å². The molecule has 3 aromatic rings. The van der Waals surface area contributed by atoms with Crippen LogP contribution in [0.1, 0.15) is 38.9 Å². The summed E-state index contributed by atoms with van der Waals surface area (Å²) in [6.07, 6.45) is 1.16. The van der Waals surface area contributed by atoms with Crippen LogP contribution in [0, 0.1) is 0 Å². The second-order valence-electron chi connectivity index (χ2n) is 7.09. The van der Waals surface area contributed by atoms with E-state index in [4.69, 9.17) is 9.47 Å². The van der Waals surface area contributed by atoms with Gasteiger partial charge in [-0.2, -0.15) is 0 Å². The summed E-state index contributed by atoms with van der Waals surface area (Å²) in [4.78, 5) is 38.8. The Labute approximate surface area is 179 Å². The lowest BCUT2D eigenvalue weighted by Crippen LogP contribution is -2.32. The van der Waals surface area contributed by atoms with E-state index in [2.05, 4.69) is 5.32 Å². The number of carbonyl (C=O) groups is 2. The number of amides is 1. The molecule has 0 saturated carbocycles. The number of pyridine rings is 1. The van der Waals surface area contributed by atoms with Gasteiger partial charge in [0.2, 0.25) is 0 Å². The summed E-state index contributed by atoms with van der Waals surface area (Å²) in [6.45, 7) is 1.92. The summed E-state index contributed by atoms with van der Waals surface area (Å²) >= 11 is 0. The Hall–Kier alpha value is -3.87. The number of nitrogens with zero attached hydrogens (tertiary/aromatic N) is 1. The second-order valence-corrected chi connectivity index (χ2v) is 7.09. The van der Waals surface area contributed by atoms with Gasteiger partial charge in [-0.1, -0.05) is 24.3 Å².